The van der Waals surface area contributed by atoms with Gasteiger partial charge in [-0.05, 0) is 57.4 Å². The molecule has 8 aromatic carbocycles. The van der Waals surface area contributed by atoms with Crippen molar-refractivity contribution in [1.29, 1.82) is 0 Å². The molecule has 9 aromatic rings. The van der Waals surface area contributed by atoms with Gasteiger partial charge in [0.15, 0.2) is 0 Å². The average Bonchev–Trinajstić information content (AvgIpc) is 3.48. The second kappa shape index (κ2) is 9.86. The van der Waals surface area contributed by atoms with Crippen LogP contribution in [0.25, 0.3) is 65.4 Å². The molecular weight excluding hydrogens is 534 g/mol. The molecule has 0 bridgehead atoms. The molecule has 44 heavy (non-hydrogen) atoms. The number of hydrogen-bond donors (Lipinski definition) is 0. The van der Waals surface area contributed by atoms with E-state index in [2.05, 4.69) is 163 Å². The van der Waals surface area contributed by atoms with Crippen LogP contribution in [0.2, 0.25) is 0 Å². The fraction of sp³-hybridized carbons (Fsp3) is 0. The normalized spacial score (nSPS) is 11.6. The van der Waals surface area contributed by atoms with E-state index < -0.39 is 0 Å². The summed E-state index contributed by atoms with van der Waals surface area (Å²) < 4.78 is 6.33. The molecule has 0 atom stereocenters. The van der Waals surface area contributed by atoms with Crippen molar-refractivity contribution >= 4 is 71.3 Å². The summed E-state index contributed by atoms with van der Waals surface area (Å²) in [6.07, 6.45) is 0. The van der Waals surface area contributed by atoms with Crippen molar-refractivity contribution in [3.63, 3.8) is 0 Å². The molecule has 0 spiro atoms. The zero-order valence-electron chi connectivity index (χ0n) is 23.9. The smallest absolute Gasteiger partial charge is 0.136 e. The van der Waals surface area contributed by atoms with Gasteiger partial charge in [0.2, 0.25) is 0 Å². The minimum absolute atomic E-state index is 0.895. The van der Waals surface area contributed by atoms with Gasteiger partial charge in [-0.1, -0.05) is 133 Å². The molecule has 0 unspecified atom stereocenters. The maximum Gasteiger partial charge on any atom is 0.136 e. The monoisotopic (exact) mass is 561 g/mol. The number of nitrogens with zero attached hydrogens (tertiary/aromatic N) is 1. The predicted octanol–water partition coefficient (Wildman–Crippen LogP) is 12.2. The Morgan fingerprint density at radius 1 is 0.341 bits per heavy atom. The van der Waals surface area contributed by atoms with E-state index in [0.29, 0.717) is 0 Å². The summed E-state index contributed by atoms with van der Waals surface area (Å²) in [5.74, 6) is 0. The predicted molar refractivity (Wildman–Crippen MR) is 186 cm³/mol. The first-order chi connectivity index (χ1) is 21.8. The first-order valence-corrected chi connectivity index (χ1v) is 15.0. The first kappa shape index (κ1) is 24.7. The van der Waals surface area contributed by atoms with E-state index in [9.17, 15) is 0 Å². The molecule has 0 aliphatic heterocycles. The van der Waals surface area contributed by atoms with Crippen LogP contribution in [0, 0.1) is 0 Å². The lowest BCUT2D eigenvalue weighted by Gasteiger charge is -2.30. The van der Waals surface area contributed by atoms with Gasteiger partial charge in [0, 0.05) is 27.1 Å². The Morgan fingerprint density at radius 2 is 0.909 bits per heavy atom. The summed E-state index contributed by atoms with van der Waals surface area (Å²) in [5.41, 5.74) is 7.49. The molecular formula is C42H27NO. The van der Waals surface area contributed by atoms with Gasteiger partial charge in [-0.3, -0.25) is 0 Å². The van der Waals surface area contributed by atoms with Gasteiger partial charge in [0.1, 0.15) is 11.2 Å². The second-order valence-corrected chi connectivity index (χ2v) is 11.3. The topological polar surface area (TPSA) is 16.4 Å². The molecule has 1 aromatic heterocycles. The van der Waals surface area contributed by atoms with Crippen LogP contribution < -0.4 is 4.90 Å². The summed E-state index contributed by atoms with van der Waals surface area (Å²) in [6, 6.07) is 58.6. The van der Waals surface area contributed by atoms with Gasteiger partial charge in [-0.2, -0.15) is 0 Å². The Morgan fingerprint density at radius 3 is 1.80 bits per heavy atom. The lowest BCUT2D eigenvalue weighted by Crippen LogP contribution is -2.12. The number of para-hydroxylation sites is 2. The van der Waals surface area contributed by atoms with Gasteiger partial charge >= 0.3 is 0 Å². The minimum atomic E-state index is 0.895. The molecule has 0 aliphatic carbocycles. The average molecular weight is 562 g/mol. The van der Waals surface area contributed by atoms with Gasteiger partial charge in [0.05, 0.1) is 17.1 Å². The summed E-state index contributed by atoms with van der Waals surface area (Å²) in [5, 5.41) is 9.60. The number of rotatable bonds is 4. The van der Waals surface area contributed by atoms with Gasteiger partial charge in [0.25, 0.3) is 0 Å². The molecule has 0 radical (unpaired) electrons. The van der Waals surface area contributed by atoms with E-state index in [1.54, 1.807) is 0 Å². The Hall–Kier alpha value is -5.86. The molecule has 9 rings (SSSR count). The van der Waals surface area contributed by atoms with Crippen LogP contribution in [0.5, 0.6) is 0 Å². The molecule has 206 valence electrons. The molecule has 2 heteroatoms. The Kier molecular flexibility index (Phi) is 5.54. The van der Waals surface area contributed by atoms with Crippen LogP contribution in [0.1, 0.15) is 0 Å². The SMILES string of the molecule is c1ccc(N(c2cccc3ccccc23)c2cc3ccccc3c3ccccc23)c(-c2cccc3oc4ccccc4c23)c1. The number of benzene rings is 8. The molecule has 0 saturated heterocycles. The van der Waals surface area contributed by atoms with E-state index in [1.165, 1.54) is 32.3 Å². The Bertz CT molecular complexity index is 2520. The standard InChI is InChI=1S/C42H27NO/c1-4-17-31-28(13-1)15-11-24-37(31)43(39-27-29-14-2-3-16-30(29)32-18-5-6-19-33(32)39)38-23-9-7-20-34(38)35-22-12-26-41-42(35)36-21-8-10-25-40(36)44-41/h1-27H. The van der Waals surface area contributed by atoms with Gasteiger partial charge in [-0.25, -0.2) is 0 Å². The van der Waals surface area contributed by atoms with E-state index in [-0.39, 0.29) is 0 Å². The van der Waals surface area contributed by atoms with E-state index in [1.807, 2.05) is 6.07 Å². The fourth-order valence-corrected chi connectivity index (χ4v) is 6.91. The Labute approximate surface area is 255 Å². The minimum Gasteiger partial charge on any atom is -0.456 e. The highest BCUT2D eigenvalue weighted by molar-refractivity contribution is 6.18. The van der Waals surface area contributed by atoms with Gasteiger partial charge < -0.3 is 9.32 Å². The summed E-state index contributed by atoms with van der Waals surface area (Å²) in [7, 11) is 0. The van der Waals surface area contributed by atoms with E-state index in [4.69, 9.17) is 4.42 Å². The van der Waals surface area contributed by atoms with Crippen LogP contribution in [0.15, 0.2) is 168 Å². The summed E-state index contributed by atoms with van der Waals surface area (Å²) in [4.78, 5) is 2.47. The molecule has 0 aliphatic rings. The number of anilines is 3. The van der Waals surface area contributed by atoms with Crippen molar-refractivity contribution in [2.24, 2.45) is 0 Å². The molecule has 2 nitrogen and oxygen atoms in total. The zero-order chi connectivity index (χ0) is 29.0. The highest BCUT2D eigenvalue weighted by atomic mass is 16.3. The largest absolute Gasteiger partial charge is 0.456 e. The summed E-state index contributed by atoms with van der Waals surface area (Å²) >= 11 is 0. The van der Waals surface area contributed by atoms with Crippen molar-refractivity contribution in [1.82, 2.24) is 0 Å². The summed E-state index contributed by atoms with van der Waals surface area (Å²) in [6.45, 7) is 0. The van der Waals surface area contributed by atoms with Gasteiger partial charge in [-0.15, -0.1) is 0 Å². The molecule has 1 heterocycles. The molecule has 0 fully saturated rings. The van der Waals surface area contributed by atoms with Crippen LogP contribution in [-0.4, -0.2) is 0 Å². The Balaban J connectivity index is 1.42. The number of fused-ring (bicyclic) bond motifs is 7. The van der Waals surface area contributed by atoms with E-state index in [0.717, 1.165) is 50.1 Å². The fourth-order valence-electron chi connectivity index (χ4n) is 6.91. The number of hydrogen-bond acceptors (Lipinski definition) is 2. The van der Waals surface area contributed by atoms with Crippen molar-refractivity contribution in [2.75, 3.05) is 4.90 Å². The van der Waals surface area contributed by atoms with Crippen LogP contribution >= 0.6 is 0 Å². The van der Waals surface area contributed by atoms with Crippen LogP contribution in [0.4, 0.5) is 17.1 Å². The third kappa shape index (κ3) is 3.75. The molecule has 0 N–H and O–H groups in total. The second-order valence-electron chi connectivity index (χ2n) is 11.3. The van der Waals surface area contributed by atoms with Crippen LogP contribution in [0.3, 0.4) is 0 Å². The lowest BCUT2D eigenvalue weighted by atomic mass is 9.95. The number of furan rings is 1. The maximum atomic E-state index is 6.33. The van der Waals surface area contributed by atoms with Crippen molar-refractivity contribution in [3.8, 4) is 11.1 Å². The molecule has 0 saturated carbocycles. The van der Waals surface area contributed by atoms with Crippen molar-refractivity contribution < 1.29 is 4.42 Å². The third-order valence-corrected chi connectivity index (χ3v) is 8.83. The maximum absolute atomic E-state index is 6.33. The third-order valence-electron chi connectivity index (χ3n) is 8.83. The zero-order valence-corrected chi connectivity index (χ0v) is 23.9. The lowest BCUT2D eigenvalue weighted by molar-refractivity contribution is 0.669. The van der Waals surface area contributed by atoms with E-state index >= 15 is 0 Å². The first-order valence-electron chi connectivity index (χ1n) is 15.0. The quantitative estimate of drug-likeness (QED) is 0.199. The molecule has 0 amide bonds. The van der Waals surface area contributed by atoms with Crippen LogP contribution in [-0.2, 0) is 0 Å². The van der Waals surface area contributed by atoms with Crippen molar-refractivity contribution in [2.45, 2.75) is 0 Å². The highest BCUT2D eigenvalue weighted by Gasteiger charge is 2.23. The van der Waals surface area contributed by atoms with Crippen molar-refractivity contribution in [3.05, 3.63) is 164 Å². The highest BCUT2D eigenvalue weighted by Crippen LogP contribution is 2.48.